The molecule has 1 atom stereocenters. The SMILES string of the molecule is COC(=O)c1cccc(NC(=O)C2CCC(=O)N2c2ccc(Cl)cc2)c1. The van der Waals surface area contributed by atoms with Crippen molar-refractivity contribution < 1.29 is 19.1 Å². The second-order valence-electron chi connectivity index (χ2n) is 5.86. The fourth-order valence-electron chi connectivity index (χ4n) is 2.92. The van der Waals surface area contributed by atoms with Gasteiger partial charge in [0.05, 0.1) is 12.7 Å². The van der Waals surface area contributed by atoms with Crippen molar-refractivity contribution in [3.05, 3.63) is 59.1 Å². The summed E-state index contributed by atoms with van der Waals surface area (Å²) in [5.41, 5.74) is 1.43. The van der Waals surface area contributed by atoms with Crippen LogP contribution in [0.3, 0.4) is 0 Å². The molecule has 0 radical (unpaired) electrons. The molecule has 2 aromatic rings. The summed E-state index contributed by atoms with van der Waals surface area (Å²) in [5, 5.41) is 3.32. The molecule has 6 nitrogen and oxygen atoms in total. The third kappa shape index (κ3) is 3.70. The van der Waals surface area contributed by atoms with Crippen LogP contribution >= 0.6 is 11.6 Å². The number of hydrogen-bond acceptors (Lipinski definition) is 4. The number of carbonyl (C=O) groups excluding carboxylic acids is 3. The Bertz CT molecular complexity index is 851. The maximum Gasteiger partial charge on any atom is 0.337 e. The minimum absolute atomic E-state index is 0.115. The van der Waals surface area contributed by atoms with Gasteiger partial charge >= 0.3 is 5.97 Å². The van der Waals surface area contributed by atoms with Gasteiger partial charge in [0.15, 0.2) is 0 Å². The molecule has 1 unspecified atom stereocenters. The van der Waals surface area contributed by atoms with Gasteiger partial charge in [0.1, 0.15) is 6.04 Å². The third-order valence-corrected chi connectivity index (χ3v) is 4.42. The largest absolute Gasteiger partial charge is 0.465 e. The van der Waals surface area contributed by atoms with Crippen LogP contribution < -0.4 is 10.2 Å². The molecule has 2 amide bonds. The molecule has 0 aliphatic carbocycles. The van der Waals surface area contributed by atoms with Crippen LogP contribution in [0.2, 0.25) is 5.02 Å². The van der Waals surface area contributed by atoms with Crippen molar-refractivity contribution in [1.82, 2.24) is 0 Å². The zero-order valence-corrected chi connectivity index (χ0v) is 14.8. The Labute approximate surface area is 155 Å². The second kappa shape index (κ2) is 7.58. The van der Waals surface area contributed by atoms with Crippen molar-refractivity contribution >= 4 is 40.8 Å². The van der Waals surface area contributed by atoms with Gasteiger partial charge < -0.3 is 10.1 Å². The number of esters is 1. The summed E-state index contributed by atoms with van der Waals surface area (Å²) in [4.78, 5) is 38.1. The molecule has 1 heterocycles. The topological polar surface area (TPSA) is 75.7 Å². The van der Waals surface area contributed by atoms with Gasteiger partial charge in [0.2, 0.25) is 11.8 Å². The summed E-state index contributed by atoms with van der Waals surface area (Å²) in [6.45, 7) is 0. The number of nitrogens with one attached hydrogen (secondary N) is 1. The lowest BCUT2D eigenvalue weighted by atomic mass is 10.1. The number of methoxy groups -OCH3 is 1. The first-order valence-corrected chi connectivity index (χ1v) is 8.44. The van der Waals surface area contributed by atoms with E-state index in [9.17, 15) is 14.4 Å². The quantitative estimate of drug-likeness (QED) is 0.836. The first-order chi connectivity index (χ1) is 12.5. The van der Waals surface area contributed by atoms with Crippen molar-refractivity contribution in [2.75, 3.05) is 17.3 Å². The number of hydrogen-bond donors (Lipinski definition) is 1. The number of halogens is 1. The normalized spacial score (nSPS) is 16.5. The number of anilines is 2. The Morgan fingerprint density at radius 3 is 2.62 bits per heavy atom. The fraction of sp³-hybridized carbons (Fsp3) is 0.211. The molecule has 0 aromatic heterocycles. The van der Waals surface area contributed by atoms with E-state index in [-0.39, 0.29) is 11.8 Å². The van der Waals surface area contributed by atoms with E-state index >= 15 is 0 Å². The molecule has 26 heavy (non-hydrogen) atoms. The van der Waals surface area contributed by atoms with Crippen LogP contribution in [0.25, 0.3) is 0 Å². The van der Waals surface area contributed by atoms with Crippen LogP contribution in [-0.2, 0) is 14.3 Å². The predicted molar refractivity (Wildman–Crippen MR) is 98.4 cm³/mol. The van der Waals surface area contributed by atoms with Crippen LogP contribution in [0.1, 0.15) is 23.2 Å². The zero-order chi connectivity index (χ0) is 18.7. The highest BCUT2D eigenvalue weighted by molar-refractivity contribution is 6.30. The molecule has 0 bridgehead atoms. The summed E-state index contributed by atoms with van der Waals surface area (Å²) >= 11 is 5.89. The summed E-state index contributed by atoms with van der Waals surface area (Å²) in [6.07, 6.45) is 0.715. The van der Waals surface area contributed by atoms with E-state index in [4.69, 9.17) is 11.6 Å². The smallest absolute Gasteiger partial charge is 0.337 e. The predicted octanol–water partition coefficient (Wildman–Crippen LogP) is 3.26. The Morgan fingerprint density at radius 1 is 1.19 bits per heavy atom. The standard InChI is InChI=1S/C19H17ClN2O4/c1-26-19(25)12-3-2-4-14(11-12)21-18(24)16-9-10-17(23)22(16)15-7-5-13(20)6-8-15/h2-8,11,16H,9-10H2,1H3,(H,21,24). The monoisotopic (exact) mass is 372 g/mol. The molecule has 1 N–H and O–H groups in total. The van der Waals surface area contributed by atoms with Gasteiger partial charge in [-0.15, -0.1) is 0 Å². The minimum atomic E-state index is -0.620. The number of nitrogens with zero attached hydrogens (tertiary/aromatic N) is 1. The highest BCUT2D eigenvalue weighted by Crippen LogP contribution is 2.28. The fourth-order valence-corrected chi connectivity index (χ4v) is 3.05. The van der Waals surface area contributed by atoms with E-state index in [1.807, 2.05) is 0 Å². The zero-order valence-electron chi connectivity index (χ0n) is 14.1. The second-order valence-corrected chi connectivity index (χ2v) is 6.29. The summed E-state index contributed by atoms with van der Waals surface area (Å²) in [6, 6.07) is 12.6. The van der Waals surface area contributed by atoms with E-state index in [0.29, 0.717) is 34.8 Å². The molecule has 0 saturated carbocycles. The van der Waals surface area contributed by atoms with E-state index in [1.54, 1.807) is 42.5 Å². The average molecular weight is 373 g/mol. The molecule has 1 aliphatic rings. The summed E-state index contributed by atoms with van der Waals surface area (Å²) in [5.74, 6) is -0.913. The van der Waals surface area contributed by atoms with Crippen LogP contribution in [-0.4, -0.2) is 30.9 Å². The van der Waals surface area contributed by atoms with Crippen molar-refractivity contribution in [3.63, 3.8) is 0 Å². The van der Waals surface area contributed by atoms with Crippen LogP contribution in [0.5, 0.6) is 0 Å². The van der Waals surface area contributed by atoms with Crippen molar-refractivity contribution in [2.24, 2.45) is 0 Å². The summed E-state index contributed by atoms with van der Waals surface area (Å²) < 4.78 is 4.68. The number of carbonyl (C=O) groups is 3. The van der Waals surface area contributed by atoms with Gasteiger partial charge in [-0.1, -0.05) is 17.7 Å². The molecule has 0 spiro atoms. The minimum Gasteiger partial charge on any atom is -0.465 e. The van der Waals surface area contributed by atoms with Crippen LogP contribution in [0, 0.1) is 0 Å². The Balaban J connectivity index is 1.79. The van der Waals surface area contributed by atoms with Gasteiger partial charge in [-0.2, -0.15) is 0 Å². The number of amides is 2. The molecular weight excluding hydrogens is 356 g/mol. The molecule has 1 aliphatic heterocycles. The van der Waals surface area contributed by atoms with E-state index in [2.05, 4.69) is 10.1 Å². The number of benzene rings is 2. The average Bonchev–Trinajstić information content (AvgIpc) is 3.03. The van der Waals surface area contributed by atoms with Gasteiger partial charge in [0.25, 0.3) is 0 Å². The van der Waals surface area contributed by atoms with E-state index in [0.717, 1.165) is 0 Å². The molecular formula is C19H17ClN2O4. The Hall–Kier alpha value is -2.86. The highest BCUT2D eigenvalue weighted by atomic mass is 35.5. The maximum absolute atomic E-state index is 12.7. The lowest BCUT2D eigenvalue weighted by Crippen LogP contribution is -2.41. The molecule has 134 valence electrons. The Kier molecular flexibility index (Phi) is 5.23. The van der Waals surface area contributed by atoms with Gasteiger partial charge in [-0.25, -0.2) is 4.79 Å². The van der Waals surface area contributed by atoms with E-state index < -0.39 is 12.0 Å². The molecule has 3 rings (SSSR count). The van der Waals surface area contributed by atoms with Crippen molar-refractivity contribution in [3.8, 4) is 0 Å². The van der Waals surface area contributed by atoms with Gasteiger partial charge in [-0.05, 0) is 48.9 Å². The molecule has 2 aromatic carbocycles. The molecule has 1 fully saturated rings. The van der Waals surface area contributed by atoms with Crippen LogP contribution in [0.15, 0.2) is 48.5 Å². The van der Waals surface area contributed by atoms with Crippen molar-refractivity contribution in [1.29, 1.82) is 0 Å². The molecule has 1 saturated heterocycles. The Morgan fingerprint density at radius 2 is 1.92 bits per heavy atom. The number of rotatable bonds is 4. The lowest BCUT2D eigenvalue weighted by molar-refractivity contribution is -0.120. The van der Waals surface area contributed by atoms with Crippen molar-refractivity contribution in [2.45, 2.75) is 18.9 Å². The van der Waals surface area contributed by atoms with E-state index in [1.165, 1.54) is 18.1 Å². The number of ether oxygens (including phenoxy) is 1. The maximum atomic E-state index is 12.7. The lowest BCUT2D eigenvalue weighted by Gasteiger charge is -2.24. The first kappa shape index (κ1) is 17.9. The molecule has 7 heteroatoms. The van der Waals surface area contributed by atoms with Gasteiger partial charge in [0, 0.05) is 22.8 Å². The van der Waals surface area contributed by atoms with Crippen LogP contribution in [0.4, 0.5) is 11.4 Å². The highest BCUT2D eigenvalue weighted by Gasteiger charge is 2.37. The summed E-state index contributed by atoms with van der Waals surface area (Å²) in [7, 11) is 1.29. The first-order valence-electron chi connectivity index (χ1n) is 8.06. The third-order valence-electron chi connectivity index (χ3n) is 4.17. The van der Waals surface area contributed by atoms with Gasteiger partial charge in [-0.3, -0.25) is 14.5 Å².